The normalized spacial score (nSPS) is 14.2. The van der Waals surface area contributed by atoms with Crippen molar-refractivity contribution in [3.05, 3.63) is 24.5 Å². The molecular formula is C20H42O2Si2. The smallest absolute Gasteiger partial charge is 0.258 e. The van der Waals surface area contributed by atoms with Gasteiger partial charge >= 0.3 is 0 Å². The van der Waals surface area contributed by atoms with E-state index in [0.29, 0.717) is 23.2 Å². The molecule has 0 atom stereocenters. The minimum absolute atomic E-state index is 0.239. The Balaban J connectivity index is 4.89. The Labute approximate surface area is 154 Å². The van der Waals surface area contributed by atoms with Crippen molar-refractivity contribution in [3.63, 3.8) is 0 Å². The highest BCUT2D eigenvalue weighted by molar-refractivity contribution is 6.78. The summed E-state index contributed by atoms with van der Waals surface area (Å²) in [5.41, 5.74) is 1.68. The summed E-state index contributed by atoms with van der Waals surface area (Å²) in [5, 5.41) is 0.239. The van der Waals surface area contributed by atoms with Gasteiger partial charge in [0.15, 0.2) is 8.32 Å². The molecule has 0 bridgehead atoms. The van der Waals surface area contributed by atoms with Gasteiger partial charge < -0.3 is 8.85 Å². The molecule has 0 aliphatic carbocycles. The van der Waals surface area contributed by atoms with Crippen LogP contribution in [0.3, 0.4) is 0 Å². The lowest BCUT2D eigenvalue weighted by molar-refractivity contribution is 0.326. The summed E-state index contributed by atoms with van der Waals surface area (Å²) in [4.78, 5) is 0. The van der Waals surface area contributed by atoms with Gasteiger partial charge in [0.2, 0.25) is 0 Å². The highest BCUT2D eigenvalue weighted by Gasteiger charge is 2.46. The lowest BCUT2D eigenvalue weighted by atomic mass is 10.2. The second-order valence-electron chi connectivity index (χ2n) is 9.36. The van der Waals surface area contributed by atoms with Crippen LogP contribution in [-0.4, -0.2) is 23.2 Å². The minimum Gasteiger partial charge on any atom is -0.543 e. The van der Waals surface area contributed by atoms with Crippen LogP contribution < -0.4 is 0 Å². The molecule has 0 heterocycles. The van der Waals surface area contributed by atoms with Crippen LogP contribution in [0.1, 0.15) is 62.3 Å². The lowest BCUT2D eigenvalue weighted by Crippen LogP contribution is -2.47. The summed E-state index contributed by atoms with van der Waals surface area (Å²) in [5.74, 6) is 0.789. The SMILES string of the molecule is C=C(/C=C/CO[Si](C)(C)C(C)(C)C)O[Si](C(C)C)(C(C)C)C(C)C. The summed E-state index contributed by atoms with van der Waals surface area (Å²) >= 11 is 0. The molecule has 142 valence electrons. The summed E-state index contributed by atoms with van der Waals surface area (Å²) in [7, 11) is -3.59. The summed E-state index contributed by atoms with van der Waals surface area (Å²) in [6.45, 7) is 29.9. The average Bonchev–Trinajstić information content (AvgIpc) is 2.38. The Kier molecular flexibility index (Phi) is 8.74. The first kappa shape index (κ1) is 23.7. The monoisotopic (exact) mass is 370 g/mol. The minimum atomic E-state index is -1.90. The molecule has 0 saturated heterocycles. The Morgan fingerprint density at radius 3 is 1.71 bits per heavy atom. The van der Waals surface area contributed by atoms with Crippen molar-refractivity contribution < 1.29 is 8.85 Å². The number of hydrogen-bond acceptors (Lipinski definition) is 2. The number of allylic oxidation sites excluding steroid dienone is 1. The van der Waals surface area contributed by atoms with Gasteiger partial charge in [-0.25, -0.2) is 0 Å². The third-order valence-corrected chi connectivity index (χ3v) is 16.2. The lowest BCUT2D eigenvalue weighted by Gasteiger charge is -2.42. The van der Waals surface area contributed by atoms with Crippen LogP contribution >= 0.6 is 0 Å². The molecule has 0 aromatic carbocycles. The highest BCUT2D eigenvalue weighted by Crippen LogP contribution is 2.43. The van der Waals surface area contributed by atoms with Crippen molar-refractivity contribution in [1.29, 1.82) is 0 Å². The summed E-state index contributed by atoms with van der Waals surface area (Å²) < 4.78 is 12.7. The van der Waals surface area contributed by atoms with Crippen molar-refractivity contribution in [3.8, 4) is 0 Å². The van der Waals surface area contributed by atoms with Gasteiger partial charge in [0, 0.05) is 0 Å². The van der Waals surface area contributed by atoms with E-state index >= 15 is 0 Å². The zero-order valence-electron chi connectivity index (χ0n) is 18.1. The predicted molar refractivity (Wildman–Crippen MR) is 114 cm³/mol. The third kappa shape index (κ3) is 5.89. The van der Waals surface area contributed by atoms with E-state index in [4.69, 9.17) is 8.85 Å². The number of rotatable bonds is 9. The molecular weight excluding hydrogens is 328 g/mol. The van der Waals surface area contributed by atoms with E-state index in [1.165, 1.54) is 0 Å². The first-order valence-corrected chi connectivity index (χ1v) is 14.4. The van der Waals surface area contributed by atoms with Crippen LogP contribution in [0, 0.1) is 0 Å². The third-order valence-electron chi connectivity index (χ3n) is 5.67. The fourth-order valence-corrected chi connectivity index (χ4v) is 9.44. The maximum absolute atomic E-state index is 6.54. The predicted octanol–water partition coefficient (Wildman–Crippen LogP) is 7.27. The zero-order chi connectivity index (χ0) is 19.3. The largest absolute Gasteiger partial charge is 0.543 e. The molecule has 0 aliphatic heterocycles. The zero-order valence-corrected chi connectivity index (χ0v) is 20.1. The fraction of sp³-hybridized carbons (Fsp3) is 0.800. The van der Waals surface area contributed by atoms with E-state index in [-0.39, 0.29) is 5.04 Å². The van der Waals surface area contributed by atoms with Crippen molar-refractivity contribution in [2.45, 2.75) is 97.1 Å². The molecule has 24 heavy (non-hydrogen) atoms. The Morgan fingerprint density at radius 2 is 1.38 bits per heavy atom. The molecule has 0 aliphatic rings. The number of hydrogen-bond donors (Lipinski definition) is 0. The Bertz CT molecular complexity index is 408. The highest BCUT2D eigenvalue weighted by atomic mass is 28.4. The molecule has 0 fully saturated rings. The van der Waals surface area contributed by atoms with Crippen LogP contribution in [0.15, 0.2) is 24.5 Å². The van der Waals surface area contributed by atoms with Crippen LogP contribution in [0.25, 0.3) is 0 Å². The topological polar surface area (TPSA) is 18.5 Å². The van der Waals surface area contributed by atoms with Crippen molar-refractivity contribution in [1.82, 2.24) is 0 Å². The van der Waals surface area contributed by atoms with Gasteiger partial charge in [0.1, 0.15) is 0 Å². The van der Waals surface area contributed by atoms with Crippen molar-refractivity contribution >= 4 is 16.6 Å². The molecule has 0 saturated carbocycles. The van der Waals surface area contributed by atoms with E-state index in [1.54, 1.807) is 0 Å². The molecule has 0 unspecified atom stereocenters. The maximum Gasteiger partial charge on any atom is 0.258 e. The van der Waals surface area contributed by atoms with Gasteiger partial charge in [0.25, 0.3) is 8.32 Å². The average molecular weight is 371 g/mol. The van der Waals surface area contributed by atoms with Gasteiger partial charge in [0.05, 0.1) is 12.4 Å². The fourth-order valence-electron chi connectivity index (χ4n) is 3.27. The van der Waals surface area contributed by atoms with Crippen LogP contribution in [0.2, 0.25) is 34.8 Å². The second-order valence-corrected chi connectivity index (χ2v) is 19.5. The van der Waals surface area contributed by atoms with Gasteiger partial charge in [-0.15, -0.1) is 0 Å². The van der Waals surface area contributed by atoms with Gasteiger partial charge in [-0.3, -0.25) is 0 Å². The molecule has 0 spiro atoms. The van der Waals surface area contributed by atoms with Crippen molar-refractivity contribution in [2.75, 3.05) is 6.61 Å². The Morgan fingerprint density at radius 1 is 0.958 bits per heavy atom. The van der Waals surface area contributed by atoms with Gasteiger partial charge in [-0.1, -0.05) is 75.0 Å². The molecule has 0 amide bonds. The van der Waals surface area contributed by atoms with Crippen molar-refractivity contribution in [2.24, 2.45) is 0 Å². The van der Waals surface area contributed by atoms with E-state index in [1.807, 2.05) is 6.08 Å². The first-order chi connectivity index (χ1) is 10.7. The van der Waals surface area contributed by atoms with E-state index in [9.17, 15) is 0 Å². The van der Waals surface area contributed by atoms with E-state index in [2.05, 4.69) is 88.1 Å². The van der Waals surface area contributed by atoms with E-state index < -0.39 is 16.6 Å². The van der Waals surface area contributed by atoms with Gasteiger partial charge in [-0.05, 0) is 40.8 Å². The molecule has 0 aromatic rings. The summed E-state index contributed by atoms with van der Waals surface area (Å²) in [6.07, 6.45) is 4.06. The Hall–Kier alpha value is -0.326. The molecule has 0 N–H and O–H groups in total. The quantitative estimate of drug-likeness (QED) is 0.241. The molecule has 4 heteroatoms. The maximum atomic E-state index is 6.54. The first-order valence-electron chi connectivity index (χ1n) is 9.36. The van der Waals surface area contributed by atoms with Crippen LogP contribution in [-0.2, 0) is 8.85 Å². The van der Waals surface area contributed by atoms with Crippen LogP contribution in [0.5, 0.6) is 0 Å². The second kappa shape index (κ2) is 8.86. The molecule has 0 aromatic heterocycles. The van der Waals surface area contributed by atoms with Gasteiger partial charge in [-0.2, -0.15) is 0 Å². The molecule has 2 nitrogen and oxygen atoms in total. The van der Waals surface area contributed by atoms with E-state index in [0.717, 1.165) is 5.76 Å². The molecule has 0 radical (unpaired) electrons. The van der Waals surface area contributed by atoms with Crippen LogP contribution in [0.4, 0.5) is 0 Å². The standard InChI is InChI=1S/C20H42O2Si2/c1-16(2)24(17(3)4,18(5)6)22-19(7)14-13-15-21-23(11,12)20(8,9)10/h13-14,16-18H,7,15H2,1-6,8-12H3/b14-13+. The summed E-state index contributed by atoms with van der Waals surface area (Å²) in [6, 6.07) is 0. The molecule has 0 rings (SSSR count).